The molecule has 1 aromatic carbocycles. The molecule has 0 aliphatic carbocycles. The summed E-state index contributed by atoms with van der Waals surface area (Å²) >= 11 is 0. The van der Waals surface area contributed by atoms with Crippen molar-refractivity contribution in [2.45, 2.75) is 130 Å². The van der Waals surface area contributed by atoms with Crippen molar-refractivity contribution in [2.24, 2.45) is 0 Å². The van der Waals surface area contributed by atoms with Crippen LogP contribution >= 0.6 is 0 Å². The lowest BCUT2D eigenvalue weighted by Crippen LogP contribution is -2.40. The van der Waals surface area contributed by atoms with E-state index in [0.717, 1.165) is 12.8 Å². The summed E-state index contributed by atoms with van der Waals surface area (Å²) in [4.78, 5) is 11.6. The van der Waals surface area contributed by atoms with E-state index >= 15 is 0 Å². The fraction of sp³-hybridized carbons (Fsp3) is 0.767. The zero-order valence-electron chi connectivity index (χ0n) is 26.6. The average molecular weight is 569 g/mol. The van der Waals surface area contributed by atoms with Gasteiger partial charge in [-0.2, -0.15) is 0 Å². The van der Waals surface area contributed by atoms with Gasteiger partial charge in [-0.1, -0.05) is 59.7 Å². The second-order valence-corrected chi connectivity index (χ2v) is 23.9. The molecule has 0 aromatic heterocycles. The highest BCUT2D eigenvalue weighted by Gasteiger charge is 2.38. The lowest BCUT2D eigenvalue weighted by molar-refractivity contribution is -0.0188. The van der Waals surface area contributed by atoms with Gasteiger partial charge in [0.25, 0.3) is 0 Å². The van der Waals surface area contributed by atoms with Crippen LogP contribution in [0.4, 0.5) is 4.79 Å². The van der Waals surface area contributed by atoms with Gasteiger partial charge in [-0.25, -0.2) is 4.79 Å². The summed E-state index contributed by atoms with van der Waals surface area (Å²) in [5, 5.41) is 0.340. The Morgan fingerprint density at radius 3 is 1.55 bits per heavy atom. The Labute approximate surface area is 235 Å². The van der Waals surface area contributed by atoms with Crippen molar-refractivity contribution < 1.29 is 27.9 Å². The van der Waals surface area contributed by atoms with Crippen LogP contribution in [-0.2, 0) is 42.7 Å². The predicted octanol–water partition coefficient (Wildman–Crippen LogP) is 8.63. The van der Waals surface area contributed by atoms with Crippen molar-refractivity contribution in [2.75, 3.05) is 19.8 Å². The van der Waals surface area contributed by atoms with Gasteiger partial charge in [0.2, 0.25) is 0 Å². The molecule has 220 valence electrons. The molecule has 0 aliphatic rings. The molecule has 38 heavy (non-hydrogen) atoms. The molecule has 6 nitrogen and oxygen atoms in total. The molecule has 0 unspecified atom stereocenters. The van der Waals surface area contributed by atoms with Gasteiger partial charge in [-0.3, -0.25) is 0 Å². The smallest absolute Gasteiger partial charge is 0.432 e. The van der Waals surface area contributed by atoms with E-state index in [1.54, 1.807) is 0 Å². The third kappa shape index (κ3) is 12.8. The molecular weight excluding hydrogens is 512 g/mol. The normalized spacial score (nSPS) is 13.5. The largest absolute Gasteiger partial charge is 0.508 e. The van der Waals surface area contributed by atoms with Crippen LogP contribution in [0, 0.1) is 0 Å². The van der Waals surface area contributed by atoms with Crippen LogP contribution in [0.5, 0.6) is 0 Å². The summed E-state index contributed by atoms with van der Waals surface area (Å²) in [6.07, 6.45) is 1.11. The molecule has 1 aromatic rings. The van der Waals surface area contributed by atoms with E-state index in [1.807, 2.05) is 20.8 Å². The first-order valence-corrected chi connectivity index (χ1v) is 19.8. The standard InChI is InChI=1S/C30H56O6Si2/c1-28(2,3)36-27(31)33-18-17-32-16-14-15-24-19-25(22-34-37(10,11)29(4,5)6)21-26(20-24)23-35-38(12,13)30(7,8)9/h19-21H,14-18,22-23H2,1-13H3. The minimum Gasteiger partial charge on any atom is -0.432 e. The van der Waals surface area contributed by atoms with Crippen LogP contribution in [0.2, 0.25) is 36.3 Å². The summed E-state index contributed by atoms with van der Waals surface area (Å²) in [7, 11) is -3.70. The SMILES string of the molecule is CC(C)(C)OC(=O)OCCOCCCc1cc(CO[Si](C)(C)C(C)(C)C)cc(CO[Si](C)(C)C(C)(C)C)c1. The number of ether oxygens (including phenoxy) is 3. The number of carbonyl (C=O) groups is 1. The highest BCUT2D eigenvalue weighted by molar-refractivity contribution is 6.74. The Morgan fingerprint density at radius 2 is 1.13 bits per heavy atom. The van der Waals surface area contributed by atoms with Crippen molar-refractivity contribution in [1.82, 2.24) is 0 Å². The van der Waals surface area contributed by atoms with Crippen LogP contribution in [0.3, 0.4) is 0 Å². The summed E-state index contributed by atoms with van der Waals surface area (Å²) < 4.78 is 29.0. The van der Waals surface area contributed by atoms with Crippen LogP contribution in [-0.4, -0.2) is 48.2 Å². The lowest BCUT2D eigenvalue weighted by atomic mass is 10.0. The molecule has 0 amide bonds. The average Bonchev–Trinajstić information content (AvgIpc) is 2.73. The Morgan fingerprint density at radius 1 is 0.684 bits per heavy atom. The first kappa shape index (κ1) is 34.8. The maximum Gasteiger partial charge on any atom is 0.508 e. The zero-order valence-corrected chi connectivity index (χ0v) is 28.6. The first-order chi connectivity index (χ1) is 17.1. The quantitative estimate of drug-likeness (QED) is 0.135. The van der Waals surface area contributed by atoms with E-state index in [-0.39, 0.29) is 16.7 Å². The highest BCUT2D eigenvalue weighted by atomic mass is 28.4. The molecule has 0 spiro atoms. The van der Waals surface area contributed by atoms with E-state index in [1.165, 1.54) is 16.7 Å². The summed E-state index contributed by atoms with van der Waals surface area (Å²) in [5.41, 5.74) is 3.11. The van der Waals surface area contributed by atoms with Gasteiger partial charge >= 0.3 is 6.16 Å². The lowest BCUT2D eigenvalue weighted by Gasteiger charge is -2.36. The van der Waals surface area contributed by atoms with Crippen molar-refractivity contribution >= 4 is 22.8 Å². The van der Waals surface area contributed by atoms with Gasteiger partial charge in [0.1, 0.15) is 12.2 Å². The Kier molecular flexibility index (Phi) is 12.8. The fourth-order valence-electron chi connectivity index (χ4n) is 3.05. The molecule has 8 heteroatoms. The number of carbonyl (C=O) groups excluding carboxylic acids is 1. The first-order valence-electron chi connectivity index (χ1n) is 14.0. The number of hydrogen-bond acceptors (Lipinski definition) is 6. The maximum atomic E-state index is 11.6. The monoisotopic (exact) mass is 568 g/mol. The molecule has 0 fully saturated rings. The second-order valence-electron chi connectivity index (χ2n) is 14.3. The van der Waals surface area contributed by atoms with Crippen LogP contribution in [0.15, 0.2) is 18.2 Å². The molecule has 1 rings (SSSR count). The van der Waals surface area contributed by atoms with Crippen LogP contribution in [0.25, 0.3) is 0 Å². The minimum atomic E-state index is -1.85. The number of benzene rings is 1. The van der Waals surface area contributed by atoms with Crippen molar-refractivity contribution in [3.05, 3.63) is 34.9 Å². The molecule has 0 saturated heterocycles. The predicted molar refractivity (Wildman–Crippen MR) is 162 cm³/mol. The number of aryl methyl sites for hydroxylation is 1. The van der Waals surface area contributed by atoms with Crippen LogP contribution < -0.4 is 0 Å². The van der Waals surface area contributed by atoms with Gasteiger partial charge in [0.15, 0.2) is 16.6 Å². The summed E-state index contributed by atoms with van der Waals surface area (Å²) in [6.45, 7) is 30.6. The number of rotatable bonds is 13. The maximum absolute atomic E-state index is 11.6. The Balaban J connectivity index is 2.76. The van der Waals surface area contributed by atoms with Gasteiger partial charge in [0, 0.05) is 6.61 Å². The van der Waals surface area contributed by atoms with E-state index in [4.69, 9.17) is 23.1 Å². The zero-order chi connectivity index (χ0) is 29.4. The molecule has 0 aliphatic heterocycles. The van der Waals surface area contributed by atoms with E-state index in [9.17, 15) is 4.79 Å². The molecular formula is C30H56O6Si2. The number of hydrogen-bond donors (Lipinski definition) is 0. The van der Waals surface area contributed by atoms with E-state index in [0.29, 0.717) is 26.4 Å². The highest BCUT2D eigenvalue weighted by Crippen LogP contribution is 2.38. The van der Waals surface area contributed by atoms with Crippen LogP contribution in [0.1, 0.15) is 85.4 Å². The van der Waals surface area contributed by atoms with Gasteiger partial charge in [0.05, 0.1) is 19.8 Å². The topological polar surface area (TPSA) is 63.2 Å². The molecule has 0 bridgehead atoms. The minimum absolute atomic E-state index is 0.170. The van der Waals surface area contributed by atoms with Gasteiger partial charge < -0.3 is 23.1 Å². The molecule has 0 N–H and O–H groups in total. The van der Waals surface area contributed by atoms with Gasteiger partial charge in [-0.05, 0) is 86.6 Å². The molecule has 0 atom stereocenters. The molecule has 0 heterocycles. The van der Waals surface area contributed by atoms with E-state index in [2.05, 4.69) is 85.9 Å². The third-order valence-electron chi connectivity index (χ3n) is 7.52. The Hall–Kier alpha value is -1.20. The fourth-order valence-corrected chi connectivity index (χ4v) is 4.98. The van der Waals surface area contributed by atoms with Gasteiger partial charge in [-0.15, -0.1) is 0 Å². The molecule has 0 radical (unpaired) electrons. The van der Waals surface area contributed by atoms with Crippen molar-refractivity contribution in [1.29, 1.82) is 0 Å². The summed E-state index contributed by atoms with van der Waals surface area (Å²) in [6, 6.07) is 6.76. The van der Waals surface area contributed by atoms with E-state index < -0.39 is 28.4 Å². The third-order valence-corrected chi connectivity index (χ3v) is 16.5. The van der Waals surface area contributed by atoms with Crippen molar-refractivity contribution in [3.63, 3.8) is 0 Å². The molecule has 0 saturated carbocycles. The summed E-state index contributed by atoms with van der Waals surface area (Å²) in [5.74, 6) is 0. The second kappa shape index (κ2) is 13.9. The van der Waals surface area contributed by atoms with Crippen molar-refractivity contribution in [3.8, 4) is 0 Å². The Bertz CT molecular complexity index is 828.